The molecule has 5 heteroatoms. The fourth-order valence-electron chi connectivity index (χ4n) is 0.322. The van der Waals surface area contributed by atoms with E-state index in [0.29, 0.717) is 10.4 Å². The molecular formula is C4H5BrClN3. The fourth-order valence-corrected chi connectivity index (χ4v) is 0.527. The van der Waals surface area contributed by atoms with Crippen LogP contribution in [-0.4, -0.2) is 9.97 Å². The molecule has 1 aromatic heterocycles. The van der Waals surface area contributed by atoms with Crippen molar-refractivity contribution in [2.45, 2.75) is 0 Å². The van der Waals surface area contributed by atoms with Gasteiger partial charge in [-0.3, -0.25) is 0 Å². The molecule has 3 nitrogen and oxygen atoms in total. The summed E-state index contributed by atoms with van der Waals surface area (Å²) in [5, 5.41) is 0. The van der Waals surface area contributed by atoms with Gasteiger partial charge in [-0.25, -0.2) is 9.97 Å². The van der Waals surface area contributed by atoms with E-state index < -0.39 is 0 Å². The highest BCUT2D eigenvalue weighted by molar-refractivity contribution is 9.10. The molecule has 0 aliphatic carbocycles. The van der Waals surface area contributed by atoms with Crippen molar-refractivity contribution in [2.75, 3.05) is 5.73 Å². The molecule has 0 amide bonds. The lowest BCUT2D eigenvalue weighted by Crippen LogP contribution is -1.89. The third-order valence-corrected chi connectivity index (χ3v) is 1.05. The van der Waals surface area contributed by atoms with Crippen LogP contribution < -0.4 is 5.73 Å². The summed E-state index contributed by atoms with van der Waals surface area (Å²) in [6, 6.07) is 0. The van der Waals surface area contributed by atoms with Gasteiger partial charge in [0.05, 0.1) is 12.4 Å². The molecule has 1 aromatic rings. The molecule has 2 N–H and O–H groups in total. The molecule has 0 saturated carbocycles. The van der Waals surface area contributed by atoms with Gasteiger partial charge in [-0.05, 0) is 15.9 Å². The molecule has 0 radical (unpaired) electrons. The molecule has 0 bridgehead atoms. The van der Waals surface area contributed by atoms with Gasteiger partial charge in [-0.15, -0.1) is 12.4 Å². The molecule has 0 atom stereocenters. The third kappa shape index (κ3) is 2.62. The highest BCUT2D eigenvalue weighted by Gasteiger charge is 1.84. The summed E-state index contributed by atoms with van der Waals surface area (Å²) < 4.78 is 0.701. The van der Waals surface area contributed by atoms with Gasteiger partial charge in [0.25, 0.3) is 0 Å². The van der Waals surface area contributed by atoms with Crippen LogP contribution in [0.4, 0.5) is 5.82 Å². The Labute approximate surface area is 67.2 Å². The van der Waals surface area contributed by atoms with Gasteiger partial charge in [0.15, 0.2) is 0 Å². The molecule has 1 rings (SSSR count). The van der Waals surface area contributed by atoms with Crippen LogP contribution in [-0.2, 0) is 0 Å². The summed E-state index contributed by atoms with van der Waals surface area (Å²) >= 11 is 3.12. The average Bonchev–Trinajstić information content (AvgIpc) is 1.77. The van der Waals surface area contributed by atoms with Crippen LogP contribution in [0.25, 0.3) is 0 Å². The molecule has 0 saturated heterocycles. The van der Waals surface area contributed by atoms with Crippen molar-refractivity contribution in [3.05, 3.63) is 17.0 Å². The second-order valence-electron chi connectivity index (χ2n) is 1.26. The lowest BCUT2D eigenvalue weighted by molar-refractivity contribution is 1.17. The second-order valence-corrected chi connectivity index (χ2v) is 2.08. The van der Waals surface area contributed by atoms with Gasteiger partial charge in [-0.1, -0.05) is 0 Å². The van der Waals surface area contributed by atoms with Crippen molar-refractivity contribution in [3.8, 4) is 0 Å². The largest absolute Gasteiger partial charge is 0.382 e. The quantitative estimate of drug-likeness (QED) is 0.701. The molecule has 9 heavy (non-hydrogen) atoms. The molecule has 0 aliphatic rings. The molecule has 0 aliphatic heterocycles. The van der Waals surface area contributed by atoms with Crippen LogP contribution in [0.2, 0.25) is 0 Å². The summed E-state index contributed by atoms with van der Waals surface area (Å²) in [7, 11) is 0. The summed E-state index contributed by atoms with van der Waals surface area (Å²) in [6.45, 7) is 0. The maximum Gasteiger partial charge on any atom is 0.141 e. The Morgan fingerprint density at radius 1 is 1.33 bits per heavy atom. The number of nitrogens with zero attached hydrogens (tertiary/aromatic N) is 2. The first-order chi connectivity index (χ1) is 3.79. The van der Waals surface area contributed by atoms with E-state index in [-0.39, 0.29) is 12.4 Å². The van der Waals surface area contributed by atoms with Crippen LogP contribution in [0.3, 0.4) is 0 Å². The zero-order valence-corrected chi connectivity index (χ0v) is 6.82. The van der Waals surface area contributed by atoms with Crippen LogP contribution in [0, 0.1) is 0 Å². The molecule has 0 aromatic carbocycles. The number of nitrogens with two attached hydrogens (primary N) is 1. The number of hydrogen-bond donors (Lipinski definition) is 1. The van der Waals surface area contributed by atoms with Crippen molar-refractivity contribution < 1.29 is 0 Å². The zero-order chi connectivity index (χ0) is 5.98. The molecule has 0 unspecified atom stereocenters. The first-order valence-corrected chi connectivity index (χ1v) is 2.81. The number of halogens is 2. The normalized spacial score (nSPS) is 8.11. The summed E-state index contributed by atoms with van der Waals surface area (Å²) in [5.74, 6) is 0.438. The van der Waals surface area contributed by atoms with E-state index in [0.717, 1.165) is 0 Å². The van der Waals surface area contributed by atoms with Gasteiger partial charge < -0.3 is 5.73 Å². The lowest BCUT2D eigenvalue weighted by atomic mass is 10.7. The Bertz CT molecular complexity index is 155. The molecule has 50 valence electrons. The number of hydrogen-bond acceptors (Lipinski definition) is 3. The van der Waals surface area contributed by atoms with Crippen LogP contribution in [0.15, 0.2) is 17.0 Å². The Morgan fingerprint density at radius 2 is 2.00 bits per heavy atom. The Balaban J connectivity index is 0.000000640. The van der Waals surface area contributed by atoms with Gasteiger partial charge in [-0.2, -0.15) is 0 Å². The number of anilines is 1. The molecular weight excluding hydrogens is 205 g/mol. The Hall–Kier alpha value is -0.350. The Kier molecular flexibility index (Phi) is 3.49. The van der Waals surface area contributed by atoms with Crippen molar-refractivity contribution >= 4 is 34.2 Å². The number of rotatable bonds is 0. The van der Waals surface area contributed by atoms with E-state index in [1.54, 1.807) is 6.20 Å². The maximum atomic E-state index is 5.23. The predicted octanol–water partition coefficient (Wildman–Crippen LogP) is 1.24. The molecule has 0 spiro atoms. The third-order valence-electron chi connectivity index (χ3n) is 0.640. The van der Waals surface area contributed by atoms with Crippen LogP contribution in [0.1, 0.15) is 0 Å². The lowest BCUT2D eigenvalue weighted by Gasteiger charge is -1.87. The van der Waals surface area contributed by atoms with Gasteiger partial charge in [0.1, 0.15) is 10.4 Å². The average molecular weight is 210 g/mol. The van der Waals surface area contributed by atoms with E-state index in [4.69, 9.17) is 5.73 Å². The van der Waals surface area contributed by atoms with Gasteiger partial charge >= 0.3 is 0 Å². The minimum atomic E-state index is 0. The van der Waals surface area contributed by atoms with Crippen molar-refractivity contribution in [1.82, 2.24) is 9.97 Å². The first-order valence-electron chi connectivity index (χ1n) is 2.02. The highest BCUT2D eigenvalue weighted by atomic mass is 79.9. The van der Waals surface area contributed by atoms with Gasteiger partial charge in [0.2, 0.25) is 0 Å². The van der Waals surface area contributed by atoms with E-state index in [9.17, 15) is 0 Å². The standard InChI is InChI=1S/C4H4BrN3.ClH/c5-3-1-8-4(6)2-7-3;/h1-2H,(H2,6,8);1H. The first kappa shape index (κ1) is 8.65. The topological polar surface area (TPSA) is 51.8 Å². The van der Waals surface area contributed by atoms with E-state index in [1.165, 1.54) is 6.20 Å². The maximum absolute atomic E-state index is 5.23. The smallest absolute Gasteiger partial charge is 0.141 e. The van der Waals surface area contributed by atoms with Crippen molar-refractivity contribution in [1.29, 1.82) is 0 Å². The molecule has 1 heterocycles. The minimum absolute atomic E-state index is 0. The monoisotopic (exact) mass is 209 g/mol. The van der Waals surface area contributed by atoms with Crippen molar-refractivity contribution in [2.24, 2.45) is 0 Å². The van der Waals surface area contributed by atoms with E-state index in [1.807, 2.05) is 0 Å². The van der Waals surface area contributed by atoms with E-state index >= 15 is 0 Å². The highest BCUT2D eigenvalue weighted by Crippen LogP contribution is 2.02. The molecule has 0 fully saturated rings. The minimum Gasteiger partial charge on any atom is -0.382 e. The predicted molar refractivity (Wildman–Crippen MR) is 41.4 cm³/mol. The Morgan fingerprint density at radius 3 is 2.33 bits per heavy atom. The summed E-state index contributed by atoms with van der Waals surface area (Å²) in [5.41, 5.74) is 5.23. The summed E-state index contributed by atoms with van der Waals surface area (Å²) in [6.07, 6.45) is 3.04. The van der Waals surface area contributed by atoms with Gasteiger partial charge in [0, 0.05) is 0 Å². The van der Waals surface area contributed by atoms with E-state index in [2.05, 4.69) is 25.9 Å². The van der Waals surface area contributed by atoms with Crippen LogP contribution in [0.5, 0.6) is 0 Å². The van der Waals surface area contributed by atoms with Crippen LogP contribution >= 0.6 is 28.3 Å². The van der Waals surface area contributed by atoms with Crippen molar-refractivity contribution in [3.63, 3.8) is 0 Å². The zero-order valence-electron chi connectivity index (χ0n) is 4.41. The fraction of sp³-hybridized carbons (Fsp3) is 0. The SMILES string of the molecule is Cl.Nc1cnc(Br)cn1. The second kappa shape index (κ2) is 3.63. The number of nitrogen functional groups attached to an aromatic ring is 1. The summed E-state index contributed by atoms with van der Waals surface area (Å²) in [4.78, 5) is 7.55. The number of aromatic nitrogens is 2.